The van der Waals surface area contributed by atoms with Crippen LogP contribution in [0.25, 0.3) is 5.69 Å². The molecule has 0 aliphatic carbocycles. The highest BCUT2D eigenvalue weighted by Crippen LogP contribution is 2.12. The minimum Gasteiger partial charge on any atom is -0.478 e. The molecule has 1 heterocycles. The number of hydrogen-bond acceptors (Lipinski definition) is 2. The molecule has 0 unspecified atom stereocenters. The van der Waals surface area contributed by atoms with Crippen LogP contribution in [0.4, 0.5) is 0 Å². The average molecular weight is 212 g/mol. The van der Waals surface area contributed by atoms with Gasteiger partial charge in [0.15, 0.2) is 0 Å². The van der Waals surface area contributed by atoms with E-state index in [0.717, 1.165) is 5.69 Å². The smallest absolute Gasteiger partial charge is 0.335 e. The molecule has 78 valence electrons. The minimum atomic E-state index is -0.963. The Kier molecular flexibility index (Phi) is 2.44. The van der Waals surface area contributed by atoms with E-state index in [0.29, 0.717) is 5.56 Å². The molecular formula is C12H8N2O2. The first-order valence-electron chi connectivity index (χ1n) is 4.62. The van der Waals surface area contributed by atoms with Gasteiger partial charge >= 0.3 is 5.97 Å². The highest BCUT2D eigenvalue weighted by atomic mass is 16.4. The lowest BCUT2D eigenvalue weighted by molar-refractivity contribution is 0.0697. The van der Waals surface area contributed by atoms with Gasteiger partial charge in [-0.1, -0.05) is 6.07 Å². The molecule has 4 heteroatoms. The summed E-state index contributed by atoms with van der Waals surface area (Å²) >= 11 is 0. The molecule has 1 aromatic carbocycles. The zero-order valence-electron chi connectivity index (χ0n) is 8.29. The molecule has 4 nitrogen and oxygen atoms in total. The van der Waals surface area contributed by atoms with Gasteiger partial charge in [-0.05, 0) is 24.3 Å². The molecule has 0 aliphatic rings. The van der Waals surface area contributed by atoms with Gasteiger partial charge in [-0.3, -0.25) is 0 Å². The lowest BCUT2D eigenvalue weighted by atomic mass is 10.2. The molecule has 0 amide bonds. The van der Waals surface area contributed by atoms with E-state index in [1.807, 2.05) is 6.07 Å². The third-order valence-electron chi connectivity index (χ3n) is 2.21. The van der Waals surface area contributed by atoms with E-state index in [2.05, 4.69) is 0 Å². The van der Waals surface area contributed by atoms with Crippen LogP contribution in [0.15, 0.2) is 42.7 Å². The molecule has 0 spiro atoms. The van der Waals surface area contributed by atoms with E-state index < -0.39 is 5.97 Å². The summed E-state index contributed by atoms with van der Waals surface area (Å²) in [7, 11) is 0. The van der Waals surface area contributed by atoms with Crippen molar-refractivity contribution >= 4 is 5.97 Å². The van der Waals surface area contributed by atoms with Gasteiger partial charge in [0.2, 0.25) is 0 Å². The van der Waals surface area contributed by atoms with Crippen molar-refractivity contribution < 1.29 is 9.90 Å². The zero-order valence-corrected chi connectivity index (χ0v) is 8.29. The second-order valence-electron chi connectivity index (χ2n) is 3.27. The highest BCUT2D eigenvalue weighted by molar-refractivity contribution is 5.88. The van der Waals surface area contributed by atoms with Gasteiger partial charge in [0.1, 0.15) is 6.07 Å². The van der Waals surface area contributed by atoms with Crippen molar-refractivity contribution in [2.45, 2.75) is 0 Å². The summed E-state index contributed by atoms with van der Waals surface area (Å²) in [4.78, 5) is 10.8. The van der Waals surface area contributed by atoms with Crippen LogP contribution in [0.2, 0.25) is 0 Å². The van der Waals surface area contributed by atoms with E-state index in [9.17, 15) is 4.79 Å². The van der Waals surface area contributed by atoms with Crippen LogP contribution in [-0.2, 0) is 0 Å². The fourth-order valence-electron chi connectivity index (χ4n) is 1.42. The first kappa shape index (κ1) is 9.99. The van der Waals surface area contributed by atoms with Crippen LogP contribution in [-0.4, -0.2) is 15.6 Å². The van der Waals surface area contributed by atoms with E-state index in [-0.39, 0.29) is 5.56 Å². The second kappa shape index (κ2) is 3.91. The standard InChI is InChI=1S/C12H8N2O2/c13-7-9-4-5-14(8-9)11-3-1-2-10(6-11)12(15)16/h1-6,8H,(H,15,16). The highest BCUT2D eigenvalue weighted by Gasteiger charge is 2.04. The van der Waals surface area contributed by atoms with Gasteiger partial charge in [-0.25, -0.2) is 4.79 Å². The van der Waals surface area contributed by atoms with Gasteiger partial charge in [0.05, 0.1) is 11.1 Å². The molecular weight excluding hydrogens is 204 g/mol. The molecule has 2 aromatic rings. The van der Waals surface area contributed by atoms with Gasteiger partial charge in [-0.15, -0.1) is 0 Å². The van der Waals surface area contributed by atoms with Crippen molar-refractivity contribution in [3.63, 3.8) is 0 Å². The number of benzene rings is 1. The Morgan fingerprint density at radius 1 is 1.38 bits per heavy atom. The number of carbonyl (C=O) groups is 1. The van der Waals surface area contributed by atoms with E-state index in [1.54, 1.807) is 41.2 Å². The maximum absolute atomic E-state index is 10.8. The van der Waals surface area contributed by atoms with E-state index >= 15 is 0 Å². The number of rotatable bonds is 2. The third-order valence-corrected chi connectivity index (χ3v) is 2.21. The SMILES string of the molecule is N#Cc1ccn(-c2cccc(C(=O)O)c2)c1. The Balaban J connectivity index is 2.44. The van der Waals surface area contributed by atoms with Crippen LogP contribution < -0.4 is 0 Å². The number of aromatic carboxylic acids is 1. The van der Waals surface area contributed by atoms with Crippen LogP contribution >= 0.6 is 0 Å². The van der Waals surface area contributed by atoms with Crippen LogP contribution in [0, 0.1) is 11.3 Å². The average Bonchev–Trinajstić information content (AvgIpc) is 2.77. The van der Waals surface area contributed by atoms with E-state index in [1.165, 1.54) is 6.07 Å². The largest absolute Gasteiger partial charge is 0.478 e. The van der Waals surface area contributed by atoms with Crippen molar-refractivity contribution in [2.75, 3.05) is 0 Å². The lowest BCUT2D eigenvalue weighted by Crippen LogP contribution is -1.98. The van der Waals surface area contributed by atoms with Crippen molar-refractivity contribution in [1.29, 1.82) is 5.26 Å². The number of nitriles is 1. The number of hydrogen-bond donors (Lipinski definition) is 1. The molecule has 0 radical (unpaired) electrons. The van der Waals surface area contributed by atoms with E-state index in [4.69, 9.17) is 10.4 Å². The molecule has 0 bridgehead atoms. The monoisotopic (exact) mass is 212 g/mol. The number of carboxylic acids is 1. The molecule has 0 aliphatic heterocycles. The Morgan fingerprint density at radius 3 is 2.81 bits per heavy atom. The zero-order chi connectivity index (χ0) is 11.5. The van der Waals surface area contributed by atoms with Crippen molar-refractivity contribution in [2.24, 2.45) is 0 Å². The van der Waals surface area contributed by atoms with Crippen molar-refractivity contribution in [3.8, 4) is 11.8 Å². The fourth-order valence-corrected chi connectivity index (χ4v) is 1.42. The Labute approximate surface area is 92.0 Å². The Bertz CT molecular complexity index is 579. The minimum absolute atomic E-state index is 0.227. The quantitative estimate of drug-likeness (QED) is 0.828. The van der Waals surface area contributed by atoms with Gasteiger partial charge in [0, 0.05) is 18.1 Å². The molecule has 1 aromatic heterocycles. The molecule has 16 heavy (non-hydrogen) atoms. The first-order valence-corrected chi connectivity index (χ1v) is 4.62. The first-order chi connectivity index (χ1) is 7.70. The van der Waals surface area contributed by atoms with Gasteiger partial charge in [-0.2, -0.15) is 5.26 Å². The fraction of sp³-hybridized carbons (Fsp3) is 0. The lowest BCUT2D eigenvalue weighted by Gasteiger charge is -2.03. The summed E-state index contributed by atoms with van der Waals surface area (Å²) in [5, 5.41) is 17.5. The summed E-state index contributed by atoms with van der Waals surface area (Å²) in [6.45, 7) is 0. The molecule has 2 rings (SSSR count). The normalized spacial score (nSPS) is 9.69. The molecule has 0 fully saturated rings. The number of nitrogens with zero attached hydrogens (tertiary/aromatic N) is 2. The Morgan fingerprint density at radius 2 is 2.19 bits per heavy atom. The van der Waals surface area contributed by atoms with Gasteiger partial charge < -0.3 is 9.67 Å². The van der Waals surface area contributed by atoms with Crippen LogP contribution in [0.3, 0.4) is 0 Å². The maximum Gasteiger partial charge on any atom is 0.335 e. The second-order valence-corrected chi connectivity index (χ2v) is 3.27. The van der Waals surface area contributed by atoms with Gasteiger partial charge in [0.25, 0.3) is 0 Å². The molecule has 0 atom stereocenters. The maximum atomic E-state index is 10.8. The number of aromatic nitrogens is 1. The van der Waals surface area contributed by atoms with Crippen LogP contribution in [0.5, 0.6) is 0 Å². The van der Waals surface area contributed by atoms with Crippen molar-refractivity contribution in [1.82, 2.24) is 4.57 Å². The summed E-state index contributed by atoms with van der Waals surface area (Å²) in [6, 6.07) is 10.2. The predicted molar refractivity (Wildman–Crippen MR) is 57.4 cm³/mol. The summed E-state index contributed by atoms with van der Waals surface area (Å²) in [5.41, 5.74) is 1.49. The Hall–Kier alpha value is -2.54. The predicted octanol–water partition coefficient (Wildman–Crippen LogP) is 2.05. The van der Waals surface area contributed by atoms with Crippen LogP contribution in [0.1, 0.15) is 15.9 Å². The summed E-state index contributed by atoms with van der Waals surface area (Å²) < 4.78 is 1.71. The van der Waals surface area contributed by atoms with Crippen molar-refractivity contribution in [3.05, 3.63) is 53.9 Å². The third kappa shape index (κ3) is 1.79. The summed E-state index contributed by atoms with van der Waals surface area (Å²) in [5.74, 6) is -0.963. The molecule has 1 N–H and O–H groups in total. The number of carboxylic acid groups (broad SMARTS) is 1. The summed E-state index contributed by atoms with van der Waals surface area (Å²) in [6.07, 6.45) is 3.38. The molecule has 0 saturated carbocycles. The molecule has 0 saturated heterocycles. The topological polar surface area (TPSA) is 66.0 Å².